The van der Waals surface area contributed by atoms with E-state index in [-0.39, 0.29) is 18.2 Å². The Balaban J connectivity index is 2.44. The molecule has 2 aromatic rings. The first kappa shape index (κ1) is 14.2. The molecule has 1 heterocycles. The number of aliphatic hydroxyl groups excluding tert-OH is 1. The number of anilines is 1. The highest BCUT2D eigenvalue weighted by molar-refractivity contribution is 5.93. The van der Waals surface area contributed by atoms with Crippen molar-refractivity contribution < 1.29 is 10.0 Å². The summed E-state index contributed by atoms with van der Waals surface area (Å²) in [5.74, 6) is 0.109. The van der Waals surface area contributed by atoms with Crippen LogP contribution in [0, 0.1) is 23.0 Å². The summed E-state index contributed by atoms with van der Waals surface area (Å²) in [5.41, 5.74) is 2.40. The number of fused-ring (bicyclic) bond motifs is 1. The predicted molar refractivity (Wildman–Crippen MR) is 77.9 cm³/mol. The average molecular weight is 275 g/mol. The lowest BCUT2D eigenvalue weighted by Crippen LogP contribution is -2.14. The van der Waals surface area contributed by atoms with E-state index < -0.39 is 4.92 Å². The van der Waals surface area contributed by atoms with Crippen LogP contribution in [0.25, 0.3) is 10.9 Å². The van der Waals surface area contributed by atoms with Gasteiger partial charge in [-0.25, -0.2) is 0 Å². The van der Waals surface area contributed by atoms with Crippen molar-refractivity contribution in [2.75, 3.05) is 18.5 Å². The molecule has 0 spiro atoms. The Morgan fingerprint density at radius 3 is 2.85 bits per heavy atom. The minimum Gasteiger partial charge on any atom is -0.396 e. The molecule has 20 heavy (non-hydrogen) atoms. The van der Waals surface area contributed by atoms with Gasteiger partial charge in [-0.3, -0.25) is 15.1 Å². The molecule has 0 aliphatic carbocycles. The Hall–Kier alpha value is -2.21. The van der Waals surface area contributed by atoms with Crippen LogP contribution in [0.3, 0.4) is 0 Å². The van der Waals surface area contributed by atoms with Gasteiger partial charge < -0.3 is 10.4 Å². The van der Waals surface area contributed by atoms with Crippen LogP contribution in [0.2, 0.25) is 0 Å². The van der Waals surface area contributed by atoms with Crippen molar-refractivity contribution >= 4 is 22.3 Å². The van der Waals surface area contributed by atoms with Gasteiger partial charge in [-0.15, -0.1) is 0 Å². The fourth-order valence-electron chi connectivity index (χ4n) is 1.95. The van der Waals surface area contributed by atoms with Crippen molar-refractivity contribution in [1.82, 2.24) is 4.98 Å². The summed E-state index contributed by atoms with van der Waals surface area (Å²) in [6, 6.07) is 6.49. The lowest BCUT2D eigenvalue weighted by molar-refractivity contribution is -0.384. The molecule has 6 heteroatoms. The molecule has 0 fully saturated rings. The molecule has 0 radical (unpaired) electrons. The first-order chi connectivity index (χ1) is 9.51. The quantitative estimate of drug-likeness (QED) is 0.646. The number of nitrogens with one attached hydrogen (secondary N) is 1. The molecule has 0 unspecified atom stereocenters. The number of hydrogen-bond donors (Lipinski definition) is 2. The molecule has 2 rings (SSSR count). The molecule has 1 aromatic carbocycles. The number of aliphatic hydroxyl groups is 1. The molecule has 1 aromatic heterocycles. The first-order valence-electron chi connectivity index (χ1n) is 6.41. The molecule has 6 nitrogen and oxygen atoms in total. The van der Waals surface area contributed by atoms with E-state index in [0.29, 0.717) is 6.54 Å². The molecular formula is C14H17N3O3. The second kappa shape index (κ2) is 5.83. The molecule has 0 bridgehead atoms. The highest BCUT2D eigenvalue weighted by Gasteiger charge is 2.11. The van der Waals surface area contributed by atoms with Crippen LogP contribution in [0.5, 0.6) is 0 Å². The van der Waals surface area contributed by atoms with E-state index in [9.17, 15) is 10.1 Å². The Kier molecular flexibility index (Phi) is 4.14. The van der Waals surface area contributed by atoms with Crippen molar-refractivity contribution in [2.45, 2.75) is 13.8 Å². The average Bonchev–Trinajstić information content (AvgIpc) is 2.43. The lowest BCUT2D eigenvalue weighted by atomic mass is 10.1. The molecule has 2 N–H and O–H groups in total. The van der Waals surface area contributed by atoms with E-state index in [1.165, 1.54) is 12.1 Å². The van der Waals surface area contributed by atoms with Gasteiger partial charge in [0.25, 0.3) is 5.69 Å². The van der Waals surface area contributed by atoms with E-state index >= 15 is 0 Å². The minimum atomic E-state index is -0.417. The molecule has 106 valence electrons. The maximum atomic E-state index is 10.9. The molecule has 0 aliphatic heterocycles. The smallest absolute Gasteiger partial charge is 0.270 e. The van der Waals surface area contributed by atoms with Gasteiger partial charge in [0, 0.05) is 42.1 Å². The molecule has 0 saturated heterocycles. The van der Waals surface area contributed by atoms with Crippen LogP contribution in [-0.4, -0.2) is 28.2 Å². The summed E-state index contributed by atoms with van der Waals surface area (Å²) in [6.45, 7) is 4.49. The Morgan fingerprint density at radius 1 is 1.45 bits per heavy atom. The van der Waals surface area contributed by atoms with Crippen molar-refractivity contribution in [3.63, 3.8) is 0 Å². The normalized spacial score (nSPS) is 12.3. The Labute approximate surface area is 116 Å². The number of nitrogens with zero attached hydrogens (tertiary/aromatic N) is 2. The van der Waals surface area contributed by atoms with E-state index in [1.807, 2.05) is 19.9 Å². The van der Waals surface area contributed by atoms with Gasteiger partial charge in [0.15, 0.2) is 0 Å². The molecule has 1 atom stereocenters. The van der Waals surface area contributed by atoms with Crippen molar-refractivity contribution in [3.8, 4) is 0 Å². The number of nitro benzene ring substituents is 1. The number of hydrogen-bond acceptors (Lipinski definition) is 5. The number of rotatable bonds is 5. The highest BCUT2D eigenvalue weighted by atomic mass is 16.6. The van der Waals surface area contributed by atoms with Crippen LogP contribution in [-0.2, 0) is 0 Å². The van der Waals surface area contributed by atoms with Crippen LogP contribution < -0.4 is 5.32 Å². The fraction of sp³-hybridized carbons (Fsp3) is 0.357. The van der Waals surface area contributed by atoms with Gasteiger partial charge in [-0.05, 0) is 25.0 Å². The van der Waals surface area contributed by atoms with E-state index in [2.05, 4.69) is 10.3 Å². The zero-order valence-electron chi connectivity index (χ0n) is 11.5. The Morgan fingerprint density at radius 2 is 2.20 bits per heavy atom. The second-order valence-electron chi connectivity index (χ2n) is 4.94. The van der Waals surface area contributed by atoms with Gasteiger partial charge in [0.05, 0.1) is 10.4 Å². The lowest BCUT2D eigenvalue weighted by Gasteiger charge is -2.13. The van der Waals surface area contributed by atoms with E-state index in [1.54, 1.807) is 6.07 Å². The third-order valence-corrected chi connectivity index (χ3v) is 3.08. The van der Waals surface area contributed by atoms with Crippen LogP contribution >= 0.6 is 0 Å². The standard InChI is InChI=1S/C14H17N3O3/c1-9(8-18)7-15-14-5-10(2)16-13-4-3-11(17(19)20)6-12(13)14/h3-6,9,18H,7-8H2,1-2H3,(H,15,16)/t9-/m0/s1. The van der Waals surface area contributed by atoms with Crippen molar-refractivity contribution in [3.05, 3.63) is 40.1 Å². The maximum Gasteiger partial charge on any atom is 0.270 e. The summed E-state index contributed by atoms with van der Waals surface area (Å²) in [4.78, 5) is 14.8. The fourth-order valence-corrected chi connectivity index (χ4v) is 1.95. The van der Waals surface area contributed by atoms with E-state index in [0.717, 1.165) is 22.3 Å². The zero-order valence-corrected chi connectivity index (χ0v) is 11.5. The minimum absolute atomic E-state index is 0.0430. The summed E-state index contributed by atoms with van der Waals surface area (Å²) in [5, 5.41) is 23.9. The summed E-state index contributed by atoms with van der Waals surface area (Å²) in [6.07, 6.45) is 0. The Bertz CT molecular complexity index is 643. The zero-order chi connectivity index (χ0) is 14.7. The third-order valence-electron chi connectivity index (χ3n) is 3.08. The number of non-ortho nitro benzene ring substituents is 1. The monoisotopic (exact) mass is 275 g/mol. The van der Waals surface area contributed by atoms with Gasteiger partial charge in [-0.1, -0.05) is 6.92 Å². The number of benzene rings is 1. The largest absolute Gasteiger partial charge is 0.396 e. The number of aromatic nitrogens is 1. The molecular weight excluding hydrogens is 258 g/mol. The van der Waals surface area contributed by atoms with Gasteiger partial charge in [0.1, 0.15) is 0 Å². The maximum absolute atomic E-state index is 10.9. The first-order valence-corrected chi connectivity index (χ1v) is 6.41. The van der Waals surface area contributed by atoms with Gasteiger partial charge in [0.2, 0.25) is 0 Å². The summed E-state index contributed by atoms with van der Waals surface area (Å²) < 4.78 is 0. The highest BCUT2D eigenvalue weighted by Crippen LogP contribution is 2.27. The molecule has 0 amide bonds. The SMILES string of the molecule is Cc1cc(NC[C@H](C)CO)c2cc([N+](=O)[O-])ccc2n1. The summed E-state index contributed by atoms with van der Waals surface area (Å²) >= 11 is 0. The second-order valence-corrected chi connectivity index (χ2v) is 4.94. The number of pyridine rings is 1. The van der Waals surface area contributed by atoms with Gasteiger partial charge >= 0.3 is 0 Å². The van der Waals surface area contributed by atoms with Crippen molar-refractivity contribution in [1.29, 1.82) is 0 Å². The third kappa shape index (κ3) is 3.03. The van der Waals surface area contributed by atoms with Crippen LogP contribution in [0.15, 0.2) is 24.3 Å². The molecule has 0 aliphatic rings. The van der Waals surface area contributed by atoms with Crippen LogP contribution in [0.4, 0.5) is 11.4 Å². The summed E-state index contributed by atoms with van der Waals surface area (Å²) in [7, 11) is 0. The predicted octanol–water partition coefficient (Wildman–Crippen LogP) is 2.49. The topological polar surface area (TPSA) is 88.3 Å². The number of aryl methyl sites for hydroxylation is 1. The molecule has 0 saturated carbocycles. The van der Waals surface area contributed by atoms with Crippen molar-refractivity contribution in [2.24, 2.45) is 5.92 Å². The van der Waals surface area contributed by atoms with Crippen LogP contribution in [0.1, 0.15) is 12.6 Å². The van der Waals surface area contributed by atoms with Gasteiger partial charge in [-0.2, -0.15) is 0 Å². The van der Waals surface area contributed by atoms with E-state index in [4.69, 9.17) is 5.11 Å². The number of nitro groups is 1.